The Labute approximate surface area is 109 Å². The third-order valence-corrected chi connectivity index (χ3v) is 2.88. The molecular weight excluding hydrogens is 222 g/mol. The van der Waals surface area contributed by atoms with Crippen LogP contribution in [0.2, 0.25) is 0 Å². The lowest BCUT2D eigenvalue weighted by Crippen LogP contribution is -2.17. The van der Waals surface area contributed by atoms with Crippen LogP contribution in [0.5, 0.6) is 5.75 Å². The summed E-state index contributed by atoms with van der Waals surface area (Å²) in [5, 5.41) is 0. The number of nitrogens with zero attached hydrogens (tertiary/aromatic N) is 1. The van der Waals surface area contributed by atoms with Crippen LogP contribution < -0.4 is 4.74 Å². The molecule has 2 aromatic rings. The lowest BCUT2D eigenvalue weighted by Gasteiger charge is -2.17. The van der Waals surface area contributed by atoms with E-state index in [1.54, 1.807) is 7.11 Å². The minimum atomic E-state index is 0.917. The van der Waals surface area contributed by atoms with Crippen molar-refractivity contribution in [3.63, 3.8) is 0 Å². The topological polar surface area (TPSA) is 12.5 Å². The molecule has 18 heavy (non-hydrogen) atoms. The molecule has 2 aromatic carbocycles. The van der Waals surface area contributed by atoms with Crippen LogP contribution in [0.1, 0.15) is 11.1 Å². The van der Waals surface area contributed by atoms with Gasteiger partial charge in [-0.3, -0.25) is 4.90 Å². The van der Waals surface area contributed by atoms with Crippen LogP contribution >= 0.6 is 0 Å². The van der Waals surface area contributed by atoms with Crippen molar-refractivity contribution in [3.8, 4) is 5.75 Å². The van der Waals surface area contributed by atoms with Crippen molar-refractivity contribution >= 4 is 0 Å². The summed E-state index contributed by atoms with van der Waals surface area (Å²) in [4.78, 5) is 2.30. The SMILES string of the molecule is COc1cccc(CN(C)Cc2ccccc2)c1. The first-order valence-electron chi connectivity index (χ1n) is 6.13. The van der Waals surface area contributed by atoms with E-state index in [4.69, 9.17) is 4.74 Å². The Morgan fingerprint density at radius 2 is 1.56 bits per heavy atom. The molecule has 0 N–H and O–H groups in total. The molecule has 94 valence electrons. The van der Waals surface area contributed by atoms with Gasteiger partial charge in [-0.15, -0.1) is 0 Å². The average Bonchev–Trinajstić information content (AvgIpc) is 2.40. The van der Waals surface area contributed by atoms with Crippen molar-refractivity contribution in [1.29, 1.82) is 0 Å². The highest BCUT2D eigenvalue weighted by Gasteiger charge is 2.02. The summed E-state index contributed by atoms with van der Waals surface area (Å²) >= 11 is 0. The van der Waals surface area contributed by atoms with Crippen molar-refractivity contribution in [2.24, 2.45) is 0 Å². The Balaban J connectivity index is 1.96. The van der Waals surface area contributed by atoms with Crippen LogP contribution in [0, 0.1) is 0 Å². The molecule has 0 atom stereocenters. The number of hydrogen-bond donors (Lipinski definition) is 0. The van der Waals surface area contributed by atoms with E-state index in [0.717, 1.165) is 18.8 Å². The largest absolute Gasteiger partial charge is 0.497 e. The van der Waals surface area contributed by atoms with Crippen LogP contribution in [0.15, 0.2) is 54.6 Å². The van der Waals surface area contributed by atoms with Gasteiger partial charge in [-0.25, -0.2) is 0 Å². The van der Waals surface area contributed by atoms with Crippen molar-refractivity contribution in [3.05, 3.63) is 65.7 Å². The molecule has 0 unspecified atom stereocenters. The fourth-order valence-electron chi connectivity index (χ4n) is 2.03. The fraction of sp³-hybridized carbons (Fsp3) is 0.250. The molecular formula is C16H19NO. The van der Waals surface area contributed by atoms with Gasteiger partial charge in [0.15, 0.2) is 0 Å². The zero-order chi connectivity index (χ0) is 12.8. The Kier molecular flexibility index (Phi) is 4.37. The molecule has 0 heterocycles. The summed E-state index contributed by atoms with van der Waals surface area (Å²) in [7, 11) is 3.83. The molecule has 0 amide bonds. The lowest BCUT2D eigenvalue weighted by atomic mass is 10.2. The Morgan fingerprint density at radius 3 is 2.28 bits per heavy atom. The summed E-state index contributed by atoms with van der Waals surface area (Å²) in [6.45, 7) is 1.88. The van der Waals surface area contributed by atoms with E-state index in [1.165, 1.54) is 11.1 Å². The van der Waals surface area contributed by atoms with Crippen molar-refractivity contribution < 1.29 is 4.74 Å². The van der Waals surface area contributed by atoms with Crippen molar-refractivity contribution in [2.45, 2.75) is 13.1 Å². The Bertz CT molecular complexity index is 481. The number of hydrogen-bond acceptors (Lipinski definition) is 2. The van der Waals surface area contributed by atoms with E-state index >= 15 is 0 Å². The second kappa shape index (κ2) is 6.22. The average molecular weight is 241 g/mol. The van der Waals surface area contributed by atoms with Crippen LogP contribution in [0.25, 0.3) is 0 Å². The van der Waals surface area contributed by atoms with Crippen molar-refractivity contribution in [2.75, 3.05) is 14.2 Å². The number of benzene rings is 2. The highest BCUT2D eigenvalue weighted by atomic mass is 16.5. The smallest absolute Gasteiger partial charge is 0.119 e. The highest BCUT2D eigenvalue weighted by molar-refractivity contribution is 5.28. The van der Waals surface area contributed by atoms with Gasteiger partial charge in [-0.05, 0) is 30.3 Å². The molecule has 2 heteroatoms. The number of methoxy groups -OCH3 is 1. The van der Waals surface area contributed by atoms with Crippen LogP contribution in [0.4, 0.5) is 0 Å². The molecule has 2 nitrogen and oxygen atoms in total. The summed E-state index contributed by atoms with van der Waals surface area (Å²) in [5.74, 6) is 0.917. The first-order chi connectivity index (χ1) is 8.78. The first kappa shape index (κ1) is 12.7. The molecule has 2 rings (SSSR count). The Morgan fingerprint density at radius 1 is 0.889 bits per heavy atom. The van der Waals surface area contributed by atoms with Gasteiger partial charge in [0.05, 0.1) is 7.11 Å². The maximum Gasteiger partial charge on any atom is 0.119 e. The van der Waals surface area contributed by atoms with E-state index in [0.29, 0.717) is 0 Å². The van der Waals surface area contributed by atoms with Crippen molar-refractivity contribution in [1.82, 2.24) is 4.90 Å². The van der Waals surface area contributed by atoms with Crippen LogP contribution in [-0.2, 0) is 13.1 Å². The standard InChI is InChI=1S/C16H19NO/c1-17(12-14-7-4-3-5-8-14)13-15-9-6-10-16(11-15)18-2/h3-11H,12-13H2,1-2H3. The Hall–Kier alpha value is -1.80. The van der Waals surface area contributed by atoms with Gasteiger partial charge in [0.2, 0.25) is 0 Å². The predicted molar refractivity (Wildman–Crippen MR) is 74.6 cm³/mol. The van der Waals surface area contributed by atoms with E-state index in [1.807, 2.05) is 18.2 Å². The molecule has 0 spiro atoms. The van der Waals surface area contributed by atoms with Gasteiger partial charge in [-0.1, -0.05) is 42.5 Å². The monoisotopic (exact) mass is 241 g/mol. The molecule has 0 aliphatic carbocycles. The van der Waals surface area contributed by atoms with Crippen LogP contribution in [0.3, 0.4) is 0 Å². The molecule has 0 aliphatic rings. The van der Waals surface area contributed by atoms with Gasteiger partial charge < -0.3 is 4.74 Å². The molecule has 0 saturated heterocycles. The zero-order valence-electron chi connectivity index (χ0n) is 11.0. The summed E-state index contributed by atoms with van der Waals surface area (Å²) in [6, 6.07) is 18.7. The highest BCUT2D eigenvalue weighted by Crippen LogP contribution is 2.14. The second-order valence-electron chi connectivity index (χ2n) is 4.51. The zero-order valence-corrected chi connectivity index (χ0v) is 11.0. The second-order valence-corrected chi connectivity index (χ2v) is 4.51. The lowest BCUT2D eigenvalue weighted by molar-refractivity contribution is 0.318. The van der Waals surface area contributed by atoms with E-state index < -0.39 is 0 Å². The predicted octanol–water partition coefficient (Wildman–Crippen LogP) is 3.33. The summed E-state index contributed by atoms with van der Waals surface area (Å²) < 4.78 is 5.24. The maximum absolute atomic E-state index is 5.24. The molecule has 0 aromatic heterocycles. The molecule has 0 bridgehead atoms. The van der Waals surface area contributed by atoms with E-state index in [2.05, 4.69) is 48.3 Å². The van der Waals surface area contributed by atoms with Crippen LogP contribution in [-0.4, -0.2) is 19.1 Å². The van der Waals surface area contributed by atoms with Gasteiger partial charge in [0.1, 0.15) is 5.75 Å². The maximum atomic E-state index is 5.24. The van der Waals surface area contributed by atoms with E-state index in [-0.39, 0.29) is 0 Å². The quantitative estimate of drug-likeness (QED) is 0.796. The van der Waals surface area contributed by atoms with Gasteiger partial charge in [0, 0.05) is 13.1 Å². The summed E-state index contributed by atoms with van der Waals surface area (Å²) in [5.41, 5.74) is 2.61. The van der Waals surface area contributed by atoms with E-state index in [9.17, 15) is 0 Å². The molecule has 0 aliphatic heterocycles. The molecule has 0 saturated carbocycles. The number of ether oxygens (including phenoxy) is 1. The third kappa shape index (κ3) is 3.60. The molecule has 0 radical (unpaired) electrons. The van der Waals surface area contributed by atoms with Gasteiger partial charge in [-0.2, -0.15) is 0 Å². The fourth-order valence-corrected chi connectivity index (χ4v) is 2.03. The minimum Gasteiger partial charge on any atom is -0.497 e. The first-order valence-corrected chi connectivity index (χ1v) is 6.13. The van der Waals surface area contributed by atoms with Gasteiger partial charge in [0.25, 0.3) is 0 Å². The van der Waals surface area contributed by atoms with Gasteiger partial charge >= 0.3 is 0 Å². The minimum absolute atomic E-state index is 0.917. The normalized spacial score (nSPS) is 10.6. The number of rotatable bonds is 5. The summed E-state index contributed by atoms with van der Waals surface area (Å²) in [6.07, 6.45) is 0. The molecule has 0 fully saturated rings. The third-order valence-electron chi connectivity index (χ3n) is 2.88.